The number of nitro groups is 1. The van der Waals surface area contributed by atoms with Crippen LogP contribution < -0.4 is 24.4 Å². The van der Waals surface area contributed by atoms with Gasteiger partial charge in [-0.25, -0.2) is 0 Å². The Morgan fingerprint density at radius 2 is 1.92 bits per heavy atom. The molecule has 1 N–H and O–H groups in total. The third kappa shape index (κ3) is 4.11. The Hall–Kier alpha value is -4.64. The van der Waals surface area contributed by atoms with E-state index < -0.39 is 4.92 Å². The second-order valence-electron chi connectivity index (χ2n) is 9.31. The SMILES string of the molecule is COc1cc([N+](=O)[O-])ccc1-n1c(C)cc([C@@H]2[C@H](c3ccccn3)NC(=S)N2c2ccc3c(c2)OCO3)c1C. The highest BCUT2D eigenvalue weighted by molar-refractivity contribution is 7.80. The zero-order valence-electron chi connectivity index (χ0n) is 21.5. The minimum atomic E-state index is -0.432. The van der Waals surface area contributed by atoms with E-state index in [1.54, 1.807) is 12.3 Å². The van der Waals surface area contributed by atoms with Crippen LogP contribution >= 0.6 is 12.2 Å². The summed E-state index contributed by atoms with van der Waals surface area (Å²) in [5, 5.41) is 15.4. The molecule has 1 fully saturated rings. The second-order valence-corrected chi connectivity index (χ2v) is 9.70. The van der Waals surface area contributed by atoms with E-state index in [0.717, 1.165) is 28.3 Å². The number of pyridine rings is 1. The van der Waals surface area contributed by atoms with Crippen molar-refractivity contribution in [3.63, 3.8) is 0 Å². The number of thiocarbonyl (C=S) groups is 1. The lowest BCUT2D eigenvalue weighted by atomic mass is 9.96. The first-order valence-corrected chi connectivity index (χ1v) is 12.7. The second kappa shape index (κ2) is 9.59. The molecule has 10 nitrogen and oxygen atoms in total. The van der Waals surface area contributed by atoms with Crippen molar-refractivity contribution in [2.45, 2.75) is 25.9 Å². The van der Waals surface area contributed by atoms with E-state index in [0.29, 0.717) is 28.0 Å². The minimum absolute atomic E-state index is 0.0344. The van der Waals surface area contributed by atoms with Gasteiger partial charge in [-0.3, -0.25) is 15.1 Å². The molecule has 39 heavy (non-hydrogen) atoms. The van der Waals surface area contributed by atoms with Gasteiger partial charge < -0.3 is 29.0 Å². The number of methoxy groups -OCH3 is 1. The van der Waals surface area contributed by atoms with Crippen LogP contribution in [-0.2, 0) is 0 Å². The largest absolute Gasteiger partial charge is 0.494 e. The highest BCUT2D eigenvalue weighted by atomic mass is 32.1. The molecule has 0 radical (unpaired) electrons. The fourth-order valence-electron chi connectivity index (χ4n) is 5.41. The number of nitro benzene ring substituents is 1. The summed E-state index contributed by atoms with van der Waals surface area (Å²) in [7, 11) is 1.51. The molecule has 0 saturated carbocycles. The fourth-order valence-corrected chi connectivity index (χ4v) is 5.75. The topological polar surface area (TPSA) is 104 Å². The maximum absolute atomic E-state index is 11.4. The van der Waals surface area contributed by atoms with E-state index in [9.17, 15) is 10.1 Å². The molecule has 2 aromatic carbocycles. The van der Waals surface area contributed by atoms with Crippen molar-refractivity contribution in [1.29, 1.82) is 0 Å². The third-order valence-electron chi connectivity index (χ3n) is 7.14. The number of hydrogen-bond acceptors (Lipinski definition) is 7. The molecule has 0 bridgehead atoms. The highest BCUT2D eigenvalue weighted by Crippen LogP contribution is 2.46. The Kier molecular flexibility index (Phi) is 6.07. The number of nitrogens with zero attached hydrogens (tertiary/aromatic N) is 4. The van der Waals surface area contributed by atoms with Crippen LogP contribution in [0.15, 0.2) is 66.9 Å². The molecule has 0 aliphatic carbocycles. The van der Waals surface area contributed by atoms with Crippen molar-refractivity contribution < 1.29 is 19.1 Å². The van der Waals surface area contributed by atoms with Gasteiger partial charge in [0.25, 0.3) is 5.69 Å². The molecule has 2 aliphatic rings. The van der Waals surface area contributed by atoms with Gasteiger partial charge in [0.1, 0.15) is 5.75 Å². The zero-order chi connectivity index (χ0) is 27.3. The van der Waals surface area contributed by atoms with E-state index in [1.807, 2.05) is 54.8 Å². The first kappa shape index (κ1) is 24.7. The van der Waals surface area contributed by atoms with Crippen molar-refractivity contribution in [2.75, 3.05) is 18.8 Å². The predicted molar refractivity (Wildman–Crippen MR) is 149 cm³/mol. The number of ether oxygens (including phenoxy) is 3. The van der Waals surface area contributed by atoms with Crippen LogP contribution in [0.4, 0.5) is 11.4 Å². The molecule has 4 aromatic rings. The van der Waals surface area contributed by atoms with Crippen molar-refractivity contribution in [3.8, 4) is 22.9 Å². The minimum Gasteiger partial charge on any atom is -0.494 e. The third-order valence-corrected chi connectivity index (χ3v) is 7.45. The maximum atomic E-state index is 11.4. The predicted octanol–water partition coefficient (Wildman–Crippen LogP) is 5.31. The molecule has 0 spiro atoms. The summed E-state index contributed by atoms with van der Waals surface area (Å²) < 4.78 is 18.8. The lowest BCUT2D eigenvalue weighted by Crippen LogP contribution is -2.29. The highest BCUT2D eigenvalue weighted by Gasteiger charge is 2.42. The molecule has 2 atom stereocenters. The van der Waals surface area contributed by atoms with E-state index >= 15 is 0 Å². The van der Waals surface area contributed by atoms with Crippen LogP contribution in [0.1, 0.15) is 34.7 Å². The molecular formula is C28H25N5O5S. The molecule has 4 heterocycles. The van der Waals surface area contributed by atoms with Crippen molar-refractivity contribution in [2.24, 2.45) is 0 Å². The van der Waals surface area contributed by atoms with Crippen molar-refractivity contribution in [1.82, 2.24) is 14.9 Å². The summed E-state index contributed by atoms with van der Waals surface area (Å²) >= 11 is 5.88. The van der Waals surface area contributed by atoms with Crippen LogP contribution in [0.5, 0.6) is 17.2 Å². The lowest BCUT2D eigenvalue weighted by Gasteiger charge is -2.28. The Morgan fingerprint density at radius 3 is 2.67 bits per heavy atom. The van der Waals surface area contributed by atoms with Crippen LogP contribution in [-0.4, -0.2) is 33.5 Å². The standard InChI is InChI=1S/C28H25N5O5S/c1-16-12-20(17(2)31(16)22-9-7-19(33(34)35)14-24(22)36-3)27-26(21-6-4-5-11-29-21)30-28(39)32(27)18-8-10-23-25(13-18)38-15-37-23/h4-14,26-27H,15H2,1-3H3,(H,30,39)/t26-,27+/m0/s1. The molecule has 1 saturated heterocycles. The molecule has 0 amide bonds. The summed E-state index contributed by atoms with van der Waals surface area (Å²) in [6.07, 6.45) is 1.77. The first-order valence-electron chi connectivity index (χ1n) is 12.3. The van der Waals surface area contributed by atoms with Gasteiger partial charge in [0.05, 0.1) is 41.6 Å². The van der Waals surface area contributed by atoms with Crippen LogP contribution in [0, 0.1) is 24.0 Å². The van der Waals surface area contributed by atoms with Gasteiger partial charge in [0.2, 0.25) is 6.79 Å². The van der Waals surface area contributed by atoms with Crippen LogP contribution in [0.3, 0.4) is 0 Å². The van der Waals surface area contributed by atoms with Gasteiger partial charge in [0, 0.05) is 35.4 Å². The Balaban J connectivity index is 1.51. The van der Waals surface area contributed by atoms with Gasteiger partial charge in [-0.2, -0.15) is 0 Å². The van der Waals surface area contributed by atoms with Crippen molar-refractivity contribution >= 4 is 28.7 Å². The van der Waals surface area contributed by atoms with Gasteiger partial charge in [-0.05, 0) is 68.0 Å². The normalized spacial score (nSPS) is 17.8. The monoisotopic (exact) mass is 543 g/mol. The Labute approximate surface area is 229 Å². The number of anilines is 1. The summed E-state index contributed by atoms with van der Waals surface area (Å²) in [4.78, 5) is 17.7. The number of fused-ring (bicyclic) bond motifs is 1. The summed E-state index contributed by atoms with van der Waals surface area (Å²) in [6, 6.07) is 17.9. The Morgan fingerprint density at radius 1 is 1.10 bits per heavy atom. The summed E-state index contributed by atoms with van der Waals surface area (Å²) in [6.45, 7) is 4.20. The molecular weight excluding hydrogens is 518 g/mol. The van der Waals surface area contributed by atoms with Gasteiger partial charge in [0.15, 0.2) is 16.6 Å². The van der Waals surface area contributed by atoms with Gasteiger partial charge >= 0.3 is 0 Å². The number of hydrogen-bond donors (Lipinski definition) is 1. The van der Waals surface area contributed by atoms with Gasteiger partial charge in [-0.1, -0.05) is 6.07 Å². The number of nitrogens with one attached hydrogen (secondary N) is 1. The number of non-ortho nitro benzene ring substituents is 1. The molecule has 0 unspecified atom stereocenters. The van der Waals surface area contributed by atoms with Gasteiger partial charge in [-0.15, -0.1) is 0 Å². The fraction of sp³-hybridized carbons (Fsp3) is 0.214. The average Bonchev–Trinajstić information content (AvgIpc) is 3.63. The van der Waals surface area contributed by atoms with E-state index in [-0.39, 0.29) is 24.6 Å². The molecule has 198 valence electrons. The zero-order valence-corrected chi connectivity index (χ0v) is 22.3. The maximum Gasteiger partial charge on any atom is 0.273 e. The smallest absolute Gasteiger partial charge is 0.273 e. The van der Waals surface area contributed by atoms with E-state index in [2.05, 4.69) is 21.3 Å². The summed E-state index contributed by atoms with van der Waals surface area (Å²) in [5.41, 5.74) is 5.30. The average molecular weight is 544 g/mol. The first-order chi connectivity index (χ1) is 18.9. The molecule has 6 rings (SSSR count). The van der Waals surface area contributed by atoms with Crippen molar-refractivity contribution in [3.05, 3.63) is 99.6 Å². The molecule has 2 aromatic heterocycles. The number of aromatic nitrogens is 2. The quantitative estimate of drug-likeness (QED) is 0.197. The van der Waals surface area contributed by atoms with E-state index in [1.165, 1.54) is 19.2 Å². The molecule has 11 heteroatoms. The number of benzene rings is 2. The molecule has 2 aliphatic heterocycles. The lowest BCUT2D eigenvalue weighted by molar-refractivity contribution is -0.384. The number of aryl methyl sites for hydroxylation is 1. The van der Waals surface area contributed by atoms with Crippen LogP contribution in [0.2, 0.25) is 0 Å². The van der Waals surface area contributed by atoms with E-state index in [4.69, 9.17) is 26.4 Å². The van der Waals surface area contributed by atoms with Crippen LogP contribution in [0.25, 0.3) is 5.69 Å². The Bertz CT molecular complexity index is 1610. The summed E-state index contributed by atoms with van der Waals surface area (Å²) in [5.74, 6) is 1.76. The number of rotatable bonds is 6.